The van der Waals surface area contributed by atoms with Gasteiger partial charge in [-0.05, 0) is 41.4 Å². The van der Waals surface area contributed by atoms with Crippen molar-refractivity contribution in [1.29, 1.82) is 0 Å². The van der Waals surface area contributed by atoms with Crippen LogP contribution in [0.2, 0.25) is 0 Å². The van der Waals surface area contributed by atoms with Gasteiger partial charge < -0.3 is 10.1 Å². The predicted octanol–water partition coefficient (Wildman–Crippen LogP) is 2.56. The number of benzene rings is 1. The molecular formula is C16H15N3O3S. The van der Waals surface area contributed by atoms with Gasteiger partial charge in [0, 0.05) is 5.56 Å². The summed E-state index contributed by atoms with van der Waals surface area (Å²) in [7, 11) is 1.57. The molecule has 1 aliphatic rings. The van der Waals surface area contributed by atoms with E-state index in [0.717, 1.165) is 10.6 Å². The average Bonchev–Trinajstić information content (AvgIpc) is 3.14. The summed E-state index contributed by atoms with van der Waals surface area (Å²) < 4.78 is 5.11. The molecular weight excluding hydrogens is 314 g/mol. The Morgan fingerprint density at radius 2 is 2.00 bits per heavy atom. The summed E-state index contributed by atoms with van der Waals surface area (Å²) in [5, 5.41) is 11.4. The highest BCUT2D eigenvalue weighted by atomic mass is 32.1. The number of rotatable bonds is 4. The van der Waals surface area contributed by atoms with E-state index in [9.17, 15) is 9.59 Å². The van der Waals surface area contributed by atoms with Crippen LogP contribution in [0.15, 0.2) is 46.2 Å². The fraction of sp³-hybridized carbons (Fsp3) is 0.188. The quantitative estimate of drug-likeness (QED) is 0.692. The third-order valence-electron chi connectivity index (χ3n) is 3.70. The lowest BCUT2D eigenvalue weighted by Crippen LogP contribution is -2.40. The second kappa shape index (κ2) is 5.85. The summed E-state index contributed by atoms with van der Waals surface area (Å²) in [6.07, 6.45) is 1.49. The minimum Gasteiger partial charge on any atom is -0.497 e. The number of carbonyl (C=O) groups is 2. The number of hydrazone groups is 1. The molecule has 0 saturated carbocycles. The Balaban J connectivity index is 1.86. The van der Waals surface area contributed by atoms with Crippen LogP contribution in [0.1, 0.15) is 18.1 Å². The first-order valence-corrected chi connectivity index (χ1v) is 7.86. The highest BCUT2D eigenvalue weighted by Gasteiger charge is 2.49. The van der Waals surface area contributed by atoms with Gasteiger partial charge in [0.05, 0.1) is 13.3 Å². The van der Waals surface area contributed by atoms with Gasteiger partial charge in [0.2, 0.25) is 0 Å². The minimum absolute atomic E-state index is 0.417. The number of nitrogens with zero attached hydrogens (tertiary/aromatic N) is 2. The van der Waals surface area contributed by atoms with Crippen molar-refractivity contribution in [3.63, 3.8) is 0 Å². The molecule has 0 bridgehead atoms. The van der Waals surface area contributed by atoms with Crippen LogP contribution in [-0.2, 0) is 10.3 Å². The van der Waals surface area contributed by atoms with Crippen molar-refractivity contribution in [3.05, 3.63) is 52.2 Å². The fourth-order valence-corrected chi connectivity index (χ4v) is 2.93. The molecule has 2 aromatic rings. The topological polar surface area (TPSA) is 71.0 Å². The number of thiophene rings is 1. The van der Waals surface area contributed by atoms with E-state index >= 15 is 0 Å². The number of amides is 3. The molecule has 1 atom stereocenters. The van der Waals surface area contributed by atoms with Crippen LogP contribution in [0.4, 0.5) is 4.79 Å². The van der Waals surface area contributed by atoms with Gasteiger partial charge in [0.15, 0.2) is 0 Å². The second-order valence-electron chi connectivity index (χ2n) is 5.20. The summed E-state index contributed by atoms with van der Waals surface area (Å²) in [6.45, 7) is 1.66. The number of nitrogens with one attached hydrogen (secondary N) is 1. The Morgan fingerprint density at radius 1 is 1.26 bits per heavy atom. The van der Waals surface area contributed by atoms with Gasteiger partial charge in [0.25, 0.3) is 5.91 Å². The lowest BCUT2D eigenvalue weighted by Gasteiger charge is -2.21. The van der Waals surface area contributed by atoms with Gasteiger partial charge in [-0.3, -0.25) is 4.79 Å². The first-order chi connectivity index (χ1) is 11.0. The Kier molecular flexibility index (Phi) is 3.87. The standard InChI is InChI=1S/C16H15N3O3S/c1-16(12-3-5-13(22-2)6-4-12)14(20)19(15(21)18-16)17-9-11-7-8-23-10-11/h3-10H,1-2H3,(H,18,21)/b17-9-/t16-/m1/s1. The zero-order valence-corrected chi connectivity index (χ0v) is 13.5. The molecule has 0 radical (unpaired) electrons. The van der Waals surface area contributed by atoms with Crippen LogP contribution in [0.25, 0.3) is 0 Å². The molecule has 1 aromatic carbocycles. The number of hydrogen-bond acceptors (Lipinski definition) is 5. The molecule has 6 nitrogen and oxygen atoms in total. The van der Waals surface area contributed by atoms with E-state index < -0.39 is 17.5 Å². The van der Waals surface area contributed by atoms with Gasteiger partial charge in [-0.25, -0.2) is 4.79 Å². The number of imide groups is 1. The molecule has 7 heteroatoms. The average molecular weight is 329 g/mol. The van der Waals surface area contributed by atoms with E-state index in [0.29, 0.717) is 11.3 Å². The Hall–Kier alpha value is -2.67. The van der Waals surface area contributed by atoms with Crippen molar-refractivity contribution >= 4 is 29.5 Å². The molecule has 0 unspecified atom stereocenters. The number of ether oxygens (including phenoxy) is 1. The first-order valence-electron chi connectivity index (χ1n) is 6.92. The third kappa shape index (κ3) is 2.70. The SMILES string of the molecule is COc1ccc([C@@]2(C)NC(=O)N(/N=C\c3ccsc3)C2=O)cc1. The van der Waals surface area contributed by atoms with Crippen molar-refractivity contribution in [2.75, 3.05) is 7.11 Å². The molecule has 1 aromatic heterocycles. The molecule has 0 spiro atoms. The second-order valence-corrected chi connectivity index (χ2v) is 5.98. The van der Waals surface area contributed by atoms with Gasteiger partial charge in [-0.1, -0.05) is 12.1 Å². The number of urea groups is 1. The van der Waals surface area contributed by atoms with E-state index in [2.05, 4.69) is 10.4 Å². The van der Waals surface area contributed by atoms with E-state index in [-0.39, 0.29) is 0 Å². The molecule has 1 N–H and O–H groups in total. The highest BCUT2D eigenvalue weighted by molar-refractivity contribution is 7.08. The summed E-state index contributed by atoms with van der Waals surface area (Å²) in [4.78, 5) is 24.8. The van der Waals surface area contributed by atoms with Crippen LogP contribution in [-0.4, -0.2) is 30.3 Å². The molecule has 23 heavy (non-hydrogen) atoms. The number of carbonyl (C=O) groups excluding carboxylic acids is 2. The molecule has 1 fully saturated rings. The maximum atomic E-state index is 12.7. The van der Waals surface area contributed by atoms with E-state index in [1.165, 1.54) is 17.6 Å². The number of hydrogen-bond donors (Lipinski definition) is 1. The molecule has 2 heterocycles. The third-order valence-corrected chi connectivity index (χ3v) is 4.40. The van der Waals surface area contributed by atoms with Crippen molar-refractivity contribution in [3.8, 4) is 5.75 Å². The summed E-state index contributed by atoms with van der Waals surface area (Å²) >= 11 is 1.52. The normalized spacial score (nSPS) is 21.0. The molecule has 3 rings (SSSR count). The summed E-state index contributed by atoms with van der Waals surface area (Å²) in [6, 6.07) is 8.32. The van der Waals surface area contributed by atoms with Gasteiger partial charge in [-0.2, -0.15) is 16.4 Å². The first kappa shape index (κ1) is 15.2. The minimum atomic E-state index is -1.14. The van der Waals surface area contributed by atoms with Crippen LogP contribution >= 0.6 is 11.3 Å². The Labute approximate surface area is 137 Å². The van der Waals surface area contributed by atoms with Crippen molar-refractivity contribution in [1.82, 2.24) is 10.3 Å². The maximum Gasteiger partial charge on any atom is 0.346 e. The molecule has 0 aliphatic carbocycles. The monoisotopic (exact) mass is 329 g/mol. The van der Waals surface area contributed by atoms with E-state index in [1.807, 2.05) is 16.8 Å². The zero-order chi connectivity index (χ0) is 16.4. The molecule has 3 amide bonds. The Bertz CT molecular complexity index is 755. The van der Waals surface area contributed by atoms with Crippen molar-refractivity contribution in [2.24, 2.45) is 5.10 Å². The predicted molar refractivity (Wildman–Crippen MR) is 87.6 cm³/mol. The van der Waals surface area contributed by atoms with Crippen molar-refractivity contribution < 1.29 is 14.3 Å². The lowest BCUT2D eigenvalue weighted by molar-refractivity contribution is -0.131. The molecule has 1 aliphatic heterocycles. The van der Waals surface area contributed by atoms with Crippen LogP contribution < -0.4 is 10.1 Å². The largest absolute Gasteiger partial charge is 0.497 e. The summed E-state index contributed by atoms with van der Waals surface area (Å²) in [5.41, 5.74) is 0.369. The van der Waals surface area contributed by atoms with Crippen LogP contribution in [0, 0.1) is 0 Å². The zero-order valence-electron chi connectivity index (χ0n) is 12.6. The Morgan fingerprint density at radius 3 is 2.61 bits per heavy atom. The van der Waals surface area contributed by atoms with E-state index in [1.54, 1.807) is 38.3 Å². The highest BCUT2D eigenvalue weighted by Crippen LogP contribution is 2.30. The van der Waals surface area contributed by atoms with Crippen molar-refractivity contribution in [2.45, 2.75) is 12.5 Å². The van der Waals surface area contributed by atoms with Gasteiger partial charge in [0.1, 0.15) is 11.3 Å². The maximum absolute atomic E-state index is 12.7. The van der Waals surface area contributed by atoms with Gasteiger partial charge in [-0.15, -0.1) is 5.01 Å². The molecule has 118 valence electrons. The fourth-order valence-electron chi connectivity index (χ4n) is 2.32. The summed E-state index contributed by atoms with van der Waals surface area (Å²) in [5.74, 6) is 0.264. The van der Waals surface area contributed by atoms with Crippen LogP contribution in [0.3, 0.4) is 0 Å². The van der Waals surface area contributed by atoms with E-state index in [4.69, 9.17) is 4.74 Å². The molecule has 1 saturated heterocycles. The number of methoxy groups -OCH3 is 1. The van der Waals surface area contributed by atoms with Crippen LogP contribution in [0.5, 0.6) is 5.75 Å². The smallest absolute Gasteiger partial charge is 0.346 e. The van der Waals surface area contributed by atoms with Gasteiger partial charge >= 0.3 is 6.03 Å². The lowest BCUT2D eigenvalue weighted by atomic mass is 9.92.